The fourth-order valence-electron chi connectivity index (χ4n) is 2.74. The third-order valence-corrected chi connectivity index (χ3v) is 5.93. The van der Waals surface area contributed by atoms with E-state index in [0.717, 1.165) is 4.90 Å². The molecule has 11 heteroatoms. The number of benzene rings is 2. The highest BCUT2D eigenvalue weighted by Crippen LogP contribution is 2.37. The lowest BCUT2D eigenvalue weighted by Gasteiger charge is -2.29. The quantitative estimate of drug-likeness (QED) is 0.341. The lowest BCUT2D eigenvalue weighted by Crippen LogP contribution is -2.54. The minimum atomic E-state index is -0.673. The van der Waals surface area contributed by atoms with Crippen molar-refractivity contribution in [1.82, 2.24) is 5.32 Å². The van der Waals surface area contributed by atoms with Gasteiger partial charge in [0.1, 0.15) is 11.6 Å². The number of nitrogens with one attached hydrogen (secondary N) is 1. The molecule has 0 aromatic heterocycles. The van der Waals surface area contributed by atoms with Gasteiger partial charge in [0.05, 0.1) is 22.8 Å². The zero-order valence-corrected chi connectivity index (χ0v) is 19.7. The number of hydrogen-bond acceptors (Lipinski definition) is 6. The van der Waals surface area contributed by atoms with Gasteiger partial charge in [0.15, 0.2) is 23.2 Å². The predicted octanol–water partition coefficient (Wildman–Crippen LogP) is 4.50. The summed E-state index contributed by atoms with van der Waals surface area (Å²) in [7, 11) is 1.43. The fourth-order valence-corrected chi connectivity index (χ4v) is 3.83. The summed E-state index contributed by atoms with van der Waals surface area (Å²) in [6, 6.07) is 9.75. The predicted molar refractivity (Wildman–Crippen MR) is 124 cm³/mol. The van der Waals surface area contributed by atoms with Crippen molar-refractivity contribution < 1.29 is 19.1 Å². The average molecular weight is 541 g/mol. The van der Waals surface area contributed by atoms with Crippen LogP contribution in [0.15, 0.2) is 40.4 Å². The normalized spacial score (nSPS) is 15.0. The second kappa shape index (κ2) is 9.66. The average Bonchev–Trinajstić information content (AvgIpc) is 2.73. The van der Waals surface area contributed by atoms with Crippen LogP contribution < -0.4 is 19.7 Å². The molecule has 0 atom stereocenters. The zero-order chi connectivity index (χ0) is 22.7. The van der Waals surface area contributed by atoms with Crippen LogP contribution in [0, 0.1) is 11.3 Å². The molecule has 0 aliphatic carbocycles. The van der Waals surface area contributed by atoms with Crippen LogP contribution in [0.2, 0.25) is 10.0 Å². The number of anilines is 1. The summed E-state index contributed by atoms with van der Waals surface area (Å²) in [5, 5.41) is 11.4. The standard InChI is InChI=1S/C20H12BrCl2N3O4S/c1-29-15-8-10(12(21)9-16(15)30-6-5-24)7-11-18(27)25-20(31)26(19(11)28)14-4-2-3-13(22)17(14)23/h2-4,7-9H,6H2,1H3,(H,25,27,31)/b11-7+. The monoisotopic (exact) mass is 539 g/mol. The topological polar surface area (TPSA) is 91.7 Å². The summed E-state index contributed by atoms with van der Waals surface area (Å²) < 4.78 is 11.1. The Kier molecular flexibility index (Phi) is 7.18. The Morgan fingerprint density at radius 2 is 2.03 bits per heavy atom. The van der Waals surface area contributed by atoms with E-state index in [1.54, 1.807) is 30.3 Å². The molecule has 2 aromatic carbocycles. The molecule has 1 saturated heterocycles. The molecule has 158 valence electrons. The molecule has 2 aromatic rings. The van der Waals surface area contributed by atoms with E-state index in [1.807, 2.05) is 6.07 Å². The summed E-state index contributed by atoms with van der Waals surface area (Å²) >= 11 is 20.9. The van der Waals surface area contributed by atoms with Gasteiger partial charge in [-0.2, -0.15) is 5.26 Å². The van der Waals surface area contributed by atoms with E-state index in [-0.39, 0.29) is 33.0 Å². The molecule has 31 heavy (non-hydrogen) atoms. The SMILES string of the molecule is COc1cc(/C=C2\C(=O)NC(=S)N(c3cccc(Cl)c3Cl)C2=O)c(Br)cc1OCC#N. The molecule has 2 amide bonds. The first kappa shape index (κ1) is 23.0. The second-order valence-corrected chi connectivity index (χ2v) is 8.03. The molecule has 0 bridgehead atoms. The minimum Gasteiger partial charge on any atom is -0.493 e. The summed E-state index contributed by atoms with van der Waals surface area (Å²) in [6.07, 6.45) is 1.38. The maximum atomic E-state index is 13.2. The number of halogens is 3. The van der Waals surface area contributed by atoms with Crippen molar-refractivity contribution in [2.45, 2.75) is 0 Å². The first-order valence-electron chi connectivity index (χ1n) is 8.51. The summed E-state index contributed by atoms with van der Waals surface area (Å²) in [6.45, 7) is -0.170. The molecular weight excluding hydrogens is 529 g/mol. The number of nitrogens with zero attached hydrogens (tertiary/aromatic N) is 2. The van der Waals surface area contributed by atoms with E-state index in [0.29, 0.717) is 21.5 Å². The molecule has 0 unspecified atom stereocenters. The number of rotatable bonds is 5. The van der Waals surface area contributed by atoms with Crippen LogP contribution in [0.3, 0.4) is 0 Å². The number of nitriles is 1. The number of amides is 2. The van der Waals surface area contributed by atoms with Crippen LogP contribution in [-0.4, -0.2) is 30.6 Å². The molecule has 0 radical (unpaired) electrons. The lowest BCUT2D eigenvalue weighted by molar-refractivity contribution is -0.122. The molecule has 7 nitrogen and oxygen atoms in total. The molecule has 3 rings (SSSR count). The van der Waals surface area contributed by atoms with Crippen LogP contribution in [0.4, 0.5) is 5.69 Å². The summed E-state index contributed by atoms with van der Waals surface area (Å²) in [4.78, 5) is 26.8. The number of carbonyl (C=O) groups excluding carboxylic acids is 2. The van der Waals surface area contributed by atoms with Crippen molar-refractivity contribution in [3.63, 3.8) is 0 Å². The Bertz CT molecular complexity index is 1180. The first-order chi connectivity index (χ1) is 14.8. The summed E-state index contributed by atoms with van der Waals surface area (Å²) in [5.74, 6) is -0.695. The smallest absolute Gasteiger partial charge is 0.270 e. The van der Waals surface area contributed by atoms with E-state index in [4.69, 9.17) is 50.2 Å². The molecule has 1 fully saturated rings. The third-order valence-electron chi connectivity index (χ3n) is 4.15. The highest BCUT2D eigenvalue weighted by atomic mass is 79.9. The largest absolute Gasteiger partial charge is 0.493 e. The Morgan fingerprint density at radius 1 is 1.29 bits per heavy atom. The van der Waals surface area contributed by atoms with Crippen LogP contribution >= 0.6 is 51.3 Å². The van der Waals surface area contributed by atoms with Crippen LogP contribution in [-0.2, 0) is 9.59 Å². The maximum absolute atomic E-state index is 13.2. The van der Waals surface area contributed by atoms with Gasteiger partial charge in [-0.25, -0.2) is 0 Å². The number of methoxy groups -OCH3 is 1. The highest BCUT2D eigenvalue weighted by Gasteiger charge is 2.36. The number of thiocarbonyl (C=S) groups is 1. The Hall–Kier alpha value is -2.64. The van der Waals surface area contributed by atoms with Gasteiger partial charge in [-0.15, -0.1) is 0 Å². The van der Waals surface area contributed by atoms with Crippen molar-refractivity contribution in [3.8, 4) is 17.6 Å². The molecule has 1 N–H and O–H groups in total. The third kappa shape index (κ3) is 4.67. The van der Waals surface area contributed by atoms with Crippen molar-refractivity contribution >= 4 is 80.0 Å². The van der Waals surface area contributed by atoms with Crippen molar-refractivity contribution in [3.05, 3.63) is 56.0 Å². The van der Waals surface area contributed by atoms with Crippen LogP contribution in [0.5, 0.6) is 11.5 Å². The molecule has 1 aliphatic rings. The lowest BCUT2D eigenvalue weighted by atomic mass is 10.1. The molecule has 0 saturated carbocycles. The van der Waals surface area contributed by atoms with E-state index >= 15 is 0 Å². The number of carbonyl (C=O) groups is 2. The summed E-state index contributed by atoms with van der Waals surface area (Å²) in [5.41, 5.74) is 0.523. The Labute approximate surface area is 201 Å². The van der Waals surface area contributed by atoms with Gasteiger partial charge in [0.2, 0.25) is 0 Å². The van der Waals surface area contributed by atoms with Gasteiger partial charge in [0.25, 0.3) is 11.8 Å². The highest BCUT2D eigenvalue weighted by molar-refractivity contribution is 9.10. The second-order valence-electron chi connectivity index (χ2n) is 6.00. The van der Waals surface area contributed by atoms with E-state index in [2.05, 4.69) is 21.2 Å². The minimum absolute atomic E-state index is 0.117. The fraction of sp³-hybridized carbons (Fsp3) is 0.100. The number of ether oxygens (including phenoxy) is 2. The van der Waals surface area contributed by atoms with Gasteiger partial charge >= 0.3 is 0 Å². The number of hydrogen-bond donors (Lipinski definition) is 1. The van der Waals surface area contributed by atoms with E-state index in [1.165, 1.54) is 13.2 Å². The Morgan fingerprint density at radius 3 is 2.71 bits per heavy atom. The van der Waals surface area contributed by atoms with E-state index in [9.17, 15) is 9.59 Å². The van der Waals surface area contributed by atoms with Crippen molar-refractivity contribution in [1.29, 1.82) is 5.26 Å². The van der Waals surface area contributed by atoms with Crippen LogP contribution in [0.25, 0.3) is 6.08 Å². The molecule has 1 aliphatic heterocycles. The van der Waals surface area contributed by atoms with Gasteiger partial charge < -0.3 is 9.47 Å². The van der Waals surface area contributed by atoms with Gasteiger partial charge in [-0.1, -0.05) is 45.2 Å². The van der Waals surface area contributed by atoms with Crippen molar-refractivity contribution in [2.75, 3.05) is 18.6 Å². The first-order valence-corrected chi connectivity index (χ1v) is 10.5. The molecule has 1 heterocycles. The van der Waals surface area contributed by atoms with Gasteiger partial charge in [-0.05, 0) is 48.1 Å². The van der Waals surface area contributed by atoms with Crippen LogP contribution in [0.1, 0.15) is 5.56 Å². The van der Waals surface area contributed by atoms with Gasteiger partial charge in [-0.3, -0.25) is 19.8 Å². The maximum Gasteiger partial charge on any atom is 0.270 e. The Balaban J connectivity index is 2.06. The van der Waals surface area contributed by atoms with Crippen molar-refractivity contribution in [2.24, 2.45) is 0 Å². The molecular formula is C20H12BrCl2N3O4S. The zero-order valence-electron chi connectivity index (χ0n) is 15.7. The molecule has 0 spiro atoms. The van der Waals surface area contributed by atoms with Gasteiger partial charge in [0, 0.05) is 4.47 Å². The van der Waals surface area contributed by atoms with E-state index < -0.39 is 11.8 Å².